The van der Waals surface area contributed by atoms with E-state index >= 15 is 0 Å². The van der Waals surface area contributed by atoms with E-state index in [1.54, 1.807) is 13.0 Å². The summed E-state index contributed by atoms with van der Waals surface area (Å²) in [7, 11) is 0. The molecule has 4 amide bonds. The molecule has 9 heteroatoms. The fourth-order valence-electron chi connectivity index (χ4n) is 3.15. The monoisotopic (exact) mass is 366 g/mol. The highest BCUT2D eigenvalue weighted by Gasteiger charge is 2.42. The molecule has 0 bridgehead atoms. The van der Waals surface area contributed by atoms with E-state index < -0.39 is 5.91 Å². The molecule has 2 fully saturated rings. The first-order valence-electron chi connectivity index (χ1n) is 8.36. The minimum absolute atomic E-state index is 0.0803. The Morgan fingerprint density at radius 2 is 2.16 bits per heavy atom. The van der Waals surface area contributed by atoms with Gasteiger partial charge in [-0.2, -0.15) is 11.8 Å². The number of rotatable bonds is 6. The number of hydrogen-bond acceptors (Lipinski definition) is 5. The van der Waals surface area contributed by atoms with Crippen molar-refractivity contribution in [3.05, 3.63) is 23.7 Å². The standard InChI is InChI=1S/C16H22N4O4S/c1-9-10(6-7-24-9)15(22)20-19-13(21)5-3-2-4-12-14-11(8-25-12)17-16(23)18-14/h6-7,11-12,14H,2-5,8H2,1H3,(H,19,21)(H,20,22)(H2,17,18,23)/t11-,12+,14-/m1/s1. The summed E-state index contributed by atoms with van der Waals surface area (Å²) in [4.78, 5) is 35.0. The molecule has 3 heterocycles. The summed E-state index contributed by atoms with van der Waals surface area (Å²) >= 11 is 1.87. The molecule has 3 rings (SSSR count). The zero-order valence-electron chi connectivity index (χ0n) is 14.0. The molecule has 0 spiro atoms. The Kier molecular flexibility index (Phi) is 5.52. The second-order valence-electron chi connectivity index (χ2n) is 6.26. The molecule has 0 aromatic carbocycles. The molecule has 0 radical (unpaired) electrons. The van der Waals surface area contributed by atoms with Crippen LogP contribution in [0.2, 0.25) is 0 Å². The van der Waals surface area contributed by atoms with Gasteiger partial charge in [0.05, 0.1) is 23.9 Å². The molecule has 2 aliphatic heterocycles. The smallest absolute Gasteiger partial charge is 0.315 e. The number of urea groups is 1. The first kappa shape index (κ1) is 17.7. The van der Waals surface area contributed by atoms with E-state index in [1.807, 2.05) is 11.8 Å². The number of carbonyl (C=O) groups is 3. The maximum Gasteiger partial charge on any atom is 0.315 e. The first-order valence-corrected chi connectivity index (χ1v) is 9.41. The first-order chi connectivity index (χ1) is 12.0. The highest BCUT2D eigenvalue weighted by Crippen LogP contribution is 2.33. The Balaban J connectivity index is 1.30. The molecule has 1 aromatic heterocycles. The molecule has 1 aromatic rings. The van der Waals surface area contributed by atoms with Gasteiger partial charge in [0.1, 0.15) is 5.76 Å². The van der Waals surface area contributed by atoms with Gasteiger partial charge in [-0.05, 0) is 25.8 Å². The number of hydrogen-bond donors (Lipinski definition) is 4. The van der Waals surface area contributed by atoms with Crippen LogP contribution in [0.5, 0.6) is 0 Å². The number of aryl methyl sites for hydroxylation is 1. The van der Waals surface area contributed by atoms with Crippen molar-refractivity contribution in [1.29, 1.82) is 0 Å². The topological polar surface area (TPSA) is 112 Å². The van der Waals surface area contributed by atoms with Gasteiger partial charge in [-0.25, -0.2) is 4.79 Å². The van der Waals surface area contributed by atoms with Gasteiger partial charge in [0, 0.05) is 17.4 Å². The zero-order valence-corrected chi connectivity index (χ0v) is 14.8. The number of nitrogens with one attached hydrogen (secondary N) is 4. The fraction of sp³-hybridized carbons (Fsp3) is 0.562. The predicted molar refractivity (Wildman–Crippen MR) is 93.0 cm³/mol. The molecule has 0 saturated carbocycles. The molecular formula is C16H22N4O4S. The van der Waals surface area contributed by atoms with Crippen molar-refractivity contribution in [3.63, 3.8) is 0 Å². The molecule has 3 atom stereocenters. The van der Waals surface area contributed by atoms with Crippen LogP contribution in [0.1, 0.15) is 41.8 Å². The van der Waals surface area contributed by atoms with Crippen LogP contribution in [-0.4, -0.2) is 40.9 Å². The highest BCUT2D eigenvalue weighted by atomic mass is 32.2. The number of hydrazine groups is 1. The lowest BCUT2D eigenvalue weighted by Gasteiger charge is -2.16. The lowest BCUT2D eigenvalue weighted by Crippen LogP contribution is -2.41. The van der Waals surface area contributed by atoms with Gasteiger partial charge in [-0.3, -0.25) is 20.4 Å². The Bertz CT molecular complexity index is 662. The minimum atomic E-state index is -0.391. The van der Waals surface area contributed by atoms with Gasteiger partial charge >= 0.3 is 6.03 Å². The van der Waals surface area contributed by atoms with Crippen LogP contribution in [0.3, 0.4) is 0 Å². The van der Waals surface area contributed by atoms with Crippen LogP contribution < -0.4 is 21.5 Å². The Morgan fingerprint density at radius 3 is 2.92 bits per heavy atom. The number of amides is 4. The molecule has 8 nitrogen and oxygen atoms in total. The van der Waals surface area contributed by atoms with E-state index in [4.69, 9.17) is 4.42 Å². The average Bonchev–Trinajstić information content (AvgIpc) is 3.25. The SMILES string of the molecule is Cc1occc1C(=O)NNC(=O)CCCC[C@@H]1SC[C@H]2NC(=O)N[C@@H]12. The van der Waals surface area contributed by atoms with Crippen molar-refractivity contribution in [2.75, 3.05) is 5.75 Å². The van der Waals surface area contributed by atoms with E-state index in [9.17, 15) is 14.4 Å². The summed E-state index contributed by atoms with van der Waals surface area (Å²) in [5, 5.41) is 6.28. The summed E-state index contributed by atoms with van der Waals surface area (Å²) in [5.74, 6) is 0.834. The minimum Gasteiger partial charge on any atom is -0.469 e. The van der Waals surface area contributed by atoms with Crippen molar-refractivity contribution in [1.82, 2.24) is 21.5 Å². The summed E-state index contributed by atoms with van der Waals surface area (Å²) in [6.45, 7) is 1.69. The molecule has 0 unspecified atom stereocenters. The predicted octanol–water partition coefficient (Wildman–Crippen LogP) is 1.07. The lowest BCUT2D eigenvalue weighted by molar-refractivity contribution is -0.122. The summed E-state index contributed by atoms with van der Waals surface area (Å²) in [5.41, 5.74) is 5.20. The second kappa shape index (κ2) is 7.81. The van der Waals surface area contributed by atoms with Crippen LogP contribution in [0.4, 0.5) is 4.79 Å². The van der Waals surface area contributed by atoms with E-state index in [-0.39, 0.29) is 24.0 Å². The average molecular weight is 366 g/mol. The Labute approximate surface area is 149 Å². The molecule has 2 saturated heterocycles. The van der Waals surface area contributed by atoms with E-state index in [0.29, 0.717) is 23.0 Å². The van der Waals surface area contributed by atoms with Crippen molar-refractivity contribution in [2.24, 2.45) is 0 Å². The van der Waals surface area contributed by atoms with Gasteiger partial charge in [0.15, 0.2) is 0 Å². The molecule has 0 aliphatic carbocycles. The number of furan rings is 1. The van der Waals surface area contributed by atoms with Gasteiger partial charge < -0.3 is 15.1 Å². The van der Waals surface area contributed by atoms with Crippen molar-refractivity contribution in [2.45, 2.75) is 49.9 Å². The Hall–Kier alpha value is -2.16. The highest BCUT2D eigenvalue weighted by molar-refractivity contribution is 8.00. The third-order valence-electron chi connectivity index (χ3n) is 4.50. The summed E-state index contributed by atoms with van der Waals surface area (Å²) in [6, 6.07) is 1.90. The quantitative estimate of drug-likeness (QED) is 0.342. The van der Waals surface area contributed by atoms with Crippen molar-refractivity contribution >= 4 is 29.6 Å². The molecular weight excluding hydrogens is 344 g/mol. The number of unbranched alkanes of at least 4 members (excludes halogenated alkanes) is 1. The van der Waals surface area contributed by atoms with Crippen LogP contribution in [0.25, 0.3) is 0 Å². The van der Waals surface area contributed by atoms with Crippen LogP contribution >= 0.6 is 11.8 Å². The second-order valence-corrected chi connectivity index (χ2v) is 7.53. The largest absolute Gasteiger partial charge is 0.469 e. The van der Waals surface area contributed by atoms with Crippen LogP contribution in [0, 0.1) is 6.92 Å². The van der Waals surface area contributed by atoms with Crippen LogP contribution in [-0.2, 0) is 4.79 Å². The molecule has 136 valence electrons. The lowest BCUT2D eigenvalue weighted by atomic mass is 10.0. The van der Waals surface area contributed by atoms with Crippen molar-refractivity contribution < 1.29 is 18.8 Å². The number of thioether (sulfide) groups is 1. The van der Waals surface area contributed by atoms with Gasteiger partial charge in [0.25, 0.3) is 5.91 Å². The van der Waals surface area contributed by atoms with E-state index in [0.717, 1.165) is 25.0 Å². The van der Waals surface area contributed by atoms with E-state index in [2.05, 4.69) is 21.5 Å². The molecule has 2 aliphatic rings. The van der Waals surface area contributed by atoms with Crippen LogP contribution in [0.15, 0.2) is 16.7 Å². The molecule has 4 N–H and O–H groups in total. The summed E-state index contributed by atoms with van der Waals surface area (Å²) < 4.78 is 5.05. The number of fused-ring (bicyclic) bond motifs is 1. The maximum atomic E-state index is 11.8. The van der Waals surface area contributed by atoms with E-state index in [1.165, 1.54) is 6.26 Å². The van der Waals surface area contributed by atoms with Gasteiger partial charge in [0.2, 0.25) is 5.91 Å². The Morgan fingerprint density at radius 1 is 1.32 bits per heavy atom. The van der Waals surface area contributed by atoms with Gasteiger partial charge in [-0.15, -0.1) is 0 Å². The zero-order chi connectivity index (χ0) is 17.8. The van der Waals surface area contributed by atoms with Gasteiger partial charge in [-0.1, -0.05) is 6.42 Å². The summed E-state index contributed by atoms with van der Waals surface area (Å²) in [6.07, 6.45) is 4.38. The third kappa shape index (κ3) is 4.28. The number of carbonyl (C=O) groups excluding carboxylic acids is 3. The fourth-order valence-corrected chi connectivity index (χ4v) is 4.69. The molecule has 25 heavy (non-hydrogen) atoms. The normalized spacial score (nSPS) is 24.4. The van der Waals surface area contributed by atoms with Crippen molar-refractivity contribution in [3.8, 4) is 0 Å². The third-order valence-corrected chi connectivity index (χ3v) is 6.01. The maximum absolute atomic E-state index is 11.8.